The molecule has 0 saturated carbocycles. The van der Waals surface area contributed by atoms with E-state index in [1.807, 2.05) is 36.4 Å². The average molecular weight is 348 g/mol. The van der Waals surface area contributed by atoms with E-state index in [1.54, 1.807) is 0 Å². The quantitative estimate of drug-likeness (QED) is 0.761. The minimum atomic E-state index is -0.676. The van der Waals surface area contributed by atoms with E-state index in [9.17, 15) is 5.11 Å². The van der Waals surface area contributed by atoms with E-state index >= 15 is 0 Å². The van der Waals surface area contributed by atoms with E-state index in [-0.39, 0.29) is 0 Å². The topological polar surface area (TPSA) is 75.3 Å². The van der Waals surface area contributed by atoms with Crippen molar-refractivity contribution in [3.63, 3.8) is 0 Å². The summed E-state index contributed by atoms with van der Waals surface area (Å²) in [6.45, 7) is 3.54. The van der Waals surface area contributed by atoms with Crippen LogP contribution in [0.1, 0.15) is 24.0 Å². The average Bonchev–Trinajstić information content (AvgIpc) is 2.64. The lowest BCUT2D eigenvalue weighted by atomic mass is 9.84. The number of fused-ring (bicyclic) bond motifs is 1. The third kappa shape index (κ3) is 3.22. The summed E-state index contributed by atoms with van der Waals surface area (Å²) in [7, 11) is 0. The van der Waals surface area contributed by atoms with Crippen molar-refractivity contribution in [2.75, 3.05) is 23.7 Å². The molecule has 5 nitrogen and oxygen atoms in total. The molecule has 0 atom stereocenters. The second kappa shape index (κ2) is 6.57. The van der Waals surface area contributed by atoms with Gasteiger partial charge in [0.2, 0.25) is 5.95 Å². The molecule has 3 N–H and O–H groups in total. The van der Waals surface area contributed by atoms with Crippen molar-refractivity contribution in [1.29, 1.82) is 0 Å². The number of nitrogens with two attached hydrogens (primary N) is 1. The number of piperidine rings is 1. The highest BCUT2D eigenvalue weighted by molar-refractivity contribution is 5.88. The number of hydrogen-bond acceptors (Lipinski definition) is 5. The van der Waals surface area contributed by atoms with Crippen LogP contribution >= 0.6 is 0 Å². The van der Waals surface area contributed by atoms with Crippen LogP contribution in [-0.4, -0.2) is 33.8 Å². The second-order valence-electron chi connectivity index (χ2n) is 7.24. The monoisotopic (exact) mass is 348 g/mol. The molecule has 1 aliphatic rings. The lowest BCUT2D eigenvalue weighted by molar-refractivity contribution is 0.0162. The van der Waals surface area contributed by atoms with Gasteiger partial charge in [-0.1, -0.05) is 36.4 Å². The SMILES string of the molecule is Cc1ccccc1CC1(O)CCN(c2nc(N)c3ccccc3n2)CC1. The summed E-state index contributed by atoms with van der Waals surface area (Å²) in [6, 6.07) is 16.1. The van der Waals surface area contributed by atoms with E-state index < -0.39 is 5.60 Å². The molecule has 0 radical (unpaired) electrons. The maximum Gasteiger partial charge on any atom is 0.227 e. The third-order valence-electron chi connectivity index (χ3n) is 5.38. The van der Waals surface area contributed by atoms with Crippen molar-refractivity contribution in [1.82, 2.24) is 9.97 Å². The minimum Gasteiger partial charge on any atom is -0.389 e. The third-order valence-corrected chi connectivity index (χ3v) is 5.38. The molecule has 1 aliphatic heterocycles. The van der Waals surface area contributed by atoms with Crippen molar-refractivity contribution in [2.45, 2.75) is 31.8 Å². The van der Waals surface area contributed by atoms with E-state index in [0.717, 1.165) is 24.0 Å². The summed E-state index contributed by atoms with van der Waals surface area (Å²) in [5.74, 6) is 1.16. The summed E-state index contributed by atoms with van der Waals surface area (Å²) < 4.78 is 0. The van der Waals surface area contributed by atoms with Crippen LogP contribution in [-0.2, 0) is 6.42 Å². The number of aryl methyl sites for hydroxylation is 1. The van der Waals surface area contributed by atoms with Gasteiger partial charge in [-0.25, -0.2) is 4.98 Å². The zero-order valence-electron chi connectivity index (χ0n) is 15.0. The van der Waals surface area contributed by atoms with Gasteiger partial charge in [0.1, 0.15) is 5.82 Å². The normalized spacial score (nSPS) is 16.8. The zero-order valence-corrected chi connectivity index (χ0v) is 15.0. The van der Waals surface area contributed by atoms with Crippen molar-refractivity contribution in [2.24, 2.45) is 0 Å². The van der Waals surface area contributed by atoms with Gasteiger partial charge in [0.25, 0.3) is 0 Å². The molecule has 1 saturated heterocycles. The Hall–Kier alpha value is -2.66. The molecule has 0 amide bonds. The predicted octanol–water partition coefficient (Wildman–Crippen LogP) is 3.09. The number of aliphatic hydroxyl groups is 1. The molecular weight excluding hydrogens is 324 g/mol. The van der Waals surface area contributed by atoms with Crippen LogP contribution in [0.5, 0.6) is 0 Å². The summed E-state index contributed by atoms with van der Waals surface area (Å²) in [4.78, 5) is 11.3. The van der Waals surface area contributed by atoms with Gasteiger partial charge in [-0.3, -0.25) is 0 Å². The second-order valence-corrected chi connectivity index (χ2v) is 7.24. The first-order chi connectivity index (χ1) is 12.5. The van der Waals surface area contributed by atoms with Gasteiger partial charge in [0, 0.05) is 24.9 Å². The van der Waals surface area contributed by atoms with Crippen molar-refractivity contribution in [3.05, 3.63) is 59.7 Å². The van der Waals surface area contributed by atoms with Crippen molar-refractivity contribution in [3.8, 4) is 0 Å². The molecule has 26 heavy (non-hydrogen) atoms. The number of hydrogen-bond donors (Lipinski definition) is 2. The van der Waals surface area contributed by atoms with Gasteiger partial charge in [-0.05, 0) is 43.0 Å². The summed E-state index contributed by atoms with van der Waals surface area (Å²) in [6.07, 6.45) is 2.07. The van der Waals surface area contributed by atoms with Gasteiger partial charge in [-0.15, -0.1) is 0 Å². The highest BCUT2D eigenvalue weighted by Gasteiger charge is 2.33. The number of rotatable bonds is 3. The molecule has 2 aromatic carbocycles. The molecule has 0 bridgehead atoms. The van der Waals surface area contributed by atoms with Crippen LogP contribution in [0.3, 0.4) is 0 Å². The van der Waals surface area contributed by atoms with Crippen LogP contribution in [0.4, 0.5) is 11.8 Å². The fourth-order valence-corrected chi connectivity index (χ4v) is 3.69. The van der Waals surface area contributed by atoms with Gasteiger partial charge >= 0.3 is 0 Å². The molecule has 1 aromatic heterocycles. The Bertz CT molecular complexity index is 932. The van der Waals surface area contributed by atoms with E-state index in [1.165, 1.54) is 11.1 Å². The number of benzene rings is 2. The first-order valence-electron chi connectivity index (χ1n) is 9.08. The minimum absolute atomic E-state index is 0.506. The molecule has 3 aromatic rings. The fourth-order valence-electron chi connectivity index (χ4n) is 3.69. The standard InChI is InChI=1S/C21H24N4O/c1-15-6-2-3-7-16(15)14-21(26)10-12-25(13-11-21)20-23-18-9-5-4-8-17(18)19(22)24-20/h2-9,26H,10-14H2,1H3,(H2,22,23,24). The first-order valence-corrected chi connectivity index (χ1v) is 9.08. The number of anilines is 2. The van der Waals surface area contributed by atoms with Crippen molar-refractivity contribution < 1.29 is 5.11 Å². The van der Waals surface area contributed by atoms with Crippen LogP contribution in [0.2, 0.25) is 0 Å². The van der Waals surface area contributed by atoms with Gasteiger partial charge in [0.15, 0.2) is 0 Å². The van der Waals surface area contributed by atoms with Crippen LogP contribution in [0.25, 0.3) is 10.9 Å². The molecule has 1 fully saturated rings. The Balaban J connectivity index is 1.50. The van der Waals surface area contributed by atoms with E-state index in [0.29, 0.717) is 31.0 Å². The fraction of sp³-hybridized carbons (Fsp3) is 0.333. The smallest absolute Gasteiger partial charge is 0.227 e. The molecule has 4 rings (SSSR count). The Morgan fingerprint density at radius 2 is 1.73 bits per heavy atom. The Kier molecular flexibility index (Phi) is 4.24. The number of aromatic nitrogens is 2. The molecule has 5 heteroatoms. The van der Waals surface area contributed by atoms with E-state index in [4.69, 9.17) is 5.73 Å². The molecular formula is C21H24N4O. The molecule has 0 unspecified atom stereocenters. The van der Waals surface area contributed by atoms with Gasteiger partial charge < -0.3 is 15.7 Å². The first kappa shape index (κ1) is 16.8. The van der Waals surface area contributed by atoms with Crippen LogP contribution < -0.4 is 10.6 Å². The molecule has 0 aliphatic carbocycles. The maximum atomic E-state index is 11.0. The molecule has 0 spiro atoms. The summed E-state index contributed by atoms with van der Waals surface area (Å²) in [5.41, 5.74) is 8.74. The Morgan fingerprint density at radius 3 is 2.50 bits per heavy atom. The molecule has 134 valence electrons. The lowest BCUT2D eigenvalue weighted by Gasteiger charge is -2.38. The van der Waals surface area contributed by atoms with E-state index in [2.05, 4.69) is 33.9 Å². The van der Waals surface area contributed by atoms with Crippen molar-refractivity contribution >= 4 is 22.7 Å². The highest BCUT2D eigenvalue weighted by atomic mass is 16.3. The summed E-state index contributed by atoms with van der Waals surface area (Å²) >= 11 is 0. The Labute approximate surface area is 153 Å². The molecule has 2 heterocycles. The summed E-state index contributed by atoms with van der Waals surface area (Å²) in [5, 5.41) is 11.9. The number of para-hydroxylation sites is 1. The maximum absolute atomic E-state index is 11.0. The van der Waals surface area contributed by atoms with Crippen LogP contribution in [0.15, 0.2) is 48.5 Å². The number of nitrogens with zero attached hydrogens (tertiary/aromatic N) is 3. The predicted molar refractivity (Wildman–Crippen MR) is 105 cm³/mol. The largest absolute Gasteiger partial charge is 0.389 e. The Morgan fingerprint density at radius 1 is 1.04 bits per heavy atom. The zero-order chi connectivity index (χ0) is 18.1. The highest BCUT2D eigenvalue weighted by Crippen LogP contribution is 2.30. The van der Waals surface area contributed by atoms with Gasteiger partial charge in [0.05, 0.1) is 11.1 Å². The van der Waals surface area contributed by atoms with Crippen LogP contribution in [0, 0.1) is 6.92 Å². The number of nitrogen functional groups attached to an aromatic ring is 1. The lowest BCUT2D eigenvalue weighted by Crippen LogP contribution is -2.46. The van der Waals surface area contributed by atoms with Gasteiger partial charge in [-0.2, -0.15) is 4.98 Å².